The van der Waals surface area contributed by atoms with E-state index in [-0.39, 0.29) is 18.1 Å². The SMILES string of the molecule is COC(=O)C1=C(c2c(C)noc2C)C[C@@H]2CC[C@H]1N2C(=O)NCc1ccco1. The summed E-state index contributed by atoms with van der Waals surface area (Å²) in [6, 6.07) is 3.06. The van der Waals surface area contributed by atoms with Crippen LogP contribution in [-0.4, -0.2) is 41.3 Å². The van der Waals surface area contributed by atoms with E-state index >= 15 is 0 Å². The Bertz CT molecular complexity index is 908. The van der Waals surface area contributed by atoms with E-state index in [1.54, 1.807) is 23.3 Å². The Hall–Kier alpha value is -3.03. The molecule has 4 heterocycles. The van der Waals surface area contributed by atoms with Gasteiger partial charge in [-0.1, -0.05) is 5.16 Å². The molecule has 2 aliphatic heterocycles. The molecule has 1 saturated heterocycles. The largest absolute Gasteiger partial charge is 0.467 e. The topological polar surface area (TPSA) is 97.8 Å². The summed E-state index contributed by atoms with van der Waals surface area (Å²) < 4.78 is 15.7. The Morgan fingerprint density at radius 3 is 2.82 bits per heavy atom. The fourth-order valence-electron chi connectivity index (χ4n) is 4.41. The van der Waals surface area contributed by atoms with Gasteiger partial charge < -0.3 is 23.9 Å². The molecule has 2 amide bonds. The van der Waals surface area contributed by atoms with E-state index in [0.717, 1.165) is 29.7 Å². The molecule has 2 aromatic rings. The predicted molar refractivity (Wildman–Crippen MR) is 99.1 cm³/mol. The van der Waals surface area contributed by atoms with Gasteiger partial charge in [0.05, 0.1) is 37.2 Å². The number of nitrogens with one attached hydrogen (secondary N) is 1. The van der Waals surface area contributed by atoms with Crippen molar-refractivity contribution in [1.82, 2.24) is 15.4 Å². The molecule has 0 radical (unpaired) electrons. The monoisotopic (exact) mass is 385 g/mol. The van der Waals surface area contributed by atoms with Crippen LogP contribution in [0.25, 0.3) is 5.57 Å². The van der Waals surface area contributed by atoms with E-state index in [0.29, 0.717) is 30.1 Å². The molecule has 28 heavy (non-hydrogen) atoms. The van der Waals surface area contributed by atoms with Crippen molar-refractivity contribution in [2.75, 3.05) is 7.11 Å². The van der Waals surface area contributed by atoms with Crippen LogP contribution in [0.1, 0.15) is 42.0 Å². The summed E-state index contributed by atoms with van der Waals surface area (Å²) >= 11 is 0. The molecule has 0 unspecified atom stereocenters. The quantitative estimate of drug-likeness (QED) is 0.813. The van der Waals surface area contributed by atoms with Gasteiger partial charge in [-0.15, -0.1) is 0 Å². The van der Waals surface area contributed by atoms with Gasteiger partial charge in [0.1, 0.15) is 11.5 Å². The zero-order valence-electron chi connectivity index (χ0n) is 16.2. The number of esters is 1. The zero-order chi connectivity index (χ0) is 19.8. The number of aromatic nitrogens is 1. The lowest BCUT2D eigenvalue weighted by Crippen LogP contribution is -2.50. The van der Waals surface area contributed by atoms with Crippen LogP contribution in [0, 0.1) is 13.8 Å². The van der Waals surface area contributed by atoms with Crippen molar-refractivity contribution < 1.29 is 23.3 Å². The number of fused-ring (bicyclic) bond motifs is 2. The van der Waals surface area contributed by atoms with Gasteiger partial charge in [0, 0.05) is 11.6 Å². The molecule has 8 nitrogen and oxygen atoms in total. The van der Waals surface area contributed by atoms with Crippen molar-refractivity contribution in [1.29, 1.82) is 0 Å². The van der Waals surface area contributed by atoms with Crippen LogP contribution < -0.4 is 5.32 Å². The van der Waals surface area contributed by atoms with Gasteiger partial charge in [0.25, 0.3) is 0 Å². The van der Waals surface area contributed by atoms with Gasteiger partial charge >= 0.3 is 12.0 Å². The number of hydrogen-bond acceptors (Lipinski definition) is 6. The Morgan fingerprint density at radius 1 is 1.36 bits per heavy atom. The van der Waals surface area contributed by atoms with Crippen LogP contribution in [0.4, 0.5) is 4.79 Å². The van der Waals surface area contributed by atoms with E-state index in [4.69, 9.17) is 13.7 Å². The van der Waals surface area contributed by atoms with Gasteiger partial charge in [-0.05, 0) is 50.8 Å². The first kappa shape index (κ1) is 18.3. The average molecular weight is 385 g/mol. The number of carbonyl (C=O) groups excluding carboxylic acids is 2. The Kier molecular flexibility index (Phi) is 4.70. The maximum absolute atomic E-state index is 12.9. The Morgan fingerprint density at radius 2 is 2.18 bits per heavy atom. The van der Waals surface area contributed by atoms with E-state index < -0.39 is 5.97 Å². The highest BCUT2D eigenvalue weighted by molar-refractivity contribution is 6.01. The third-order valence-electron chi connectivity index (χ3n) is 5.57. The van der Waals surface area contributed by atoms with Crippen LogP contribution in [0.15, 0.2) is 32.9 Å². The molecule has 2 bridgehead atoms. The van der Waals surface area contributed by atoms with E-state index in [9.17, 15) is 9.59 Å². The zero-order valence-corrected chi connectivity index (χ0v) is 16.2. The Balaban J connectivity index is 1.67. The minimum absolute atomic E-state index is 0.0127. The second-order valence-corrected chi connectivity index (χ2v) is 7.18. The van der Waals surface area contributed by atoms with E-state index in [1.165, 1.54) is 7.11 Å². The number of ether oxygens (including phenoxy) is 1. The average Bonchev–Trinajstić information content (AvgIpc) is 3.39. The van der Waals surface area contributed by atoms with Crippen LogP contribution in [-0.2, 0) is 16.1 Å². The molecule has 1 N–H and O–H groups in total. The molecule has 2 aliphatic rings. The molecule has 1 fully saturated rings. The van der Waals surface area contributed by atoms with E-state index in [2.05, 4.69) is 10.5 Å². The highest BCUT2D eigenvalue weighted by atomic mass is 16.5. The predicted octanol–water partition coefficient (Wildman–Crippen LogP) is 2.96. The molecule has 2 aromatic heterocycles. The fourth-order valence-corrected chi connectivity index (χ4v) is 4.41. The first-order valence-corrected chi connectivity index (χ1v) is 9.34. The standard InChI is InChI=1S/C20H23N3O5/c1-11-17(12(2)28-22-11)15-9-13-6-7-16(18(15)19(24)26-3)23(13)20(25)21-10-14-5-4-8-27-14/h4-5,8,13,16H,6-7,9-10H2,1-3H3,(H,21,25)/t13-,16+/m0/s1. The summed E-state index contributed by atoms with van der Waals surface area (Å²) in [6.07, 6.45) is 3.68. The van der Waals surface area contributed by atoms with Gasteiger partial charge in [0.2, 0.25) is 0 Å². The minimum Gasteiger partial charge on any atom is -0.467 e. The number of urea groups is 1. The van der Waals surface area contributed by atoms with Crippen molar-refractivity contribution in [2.24, 2.45) is 0 Å². The van der Waals surface area contributed by atoms with Gasteiger partial charge in [0.15, 0.2) is 0 Å². The van der Waals surface area contributed by atoms with E-state index in [1.807, 2.05) is 13.8 Å². The van der Waals surface area contributed by atoms with Crippen LogP contribution in [0.2, 0.25) is 0 Å². The number of carbonyl (C=O) groups is 2. The number of methoxy groups -OCH3 is 1. The number of amides is 2. The molecule has 148 valence electrons. The molecular weight excluding hydrogens is 362 g/mol. The third-order valence-corrected chi connectivity index (χ3v) is 5.57. The summed E-state index contributed by atoms with van der Waals surface area (Å²) in [5, 5.41) is 6.92. The molecule has 0 aliphatic carbocycles. The van der Waals surface area contributed by atoms with Crippen LogP contribution in [0.3, 0.4) is 0 Å². The fraction of sp³-hybridized carbons (Fsp3) is 0.450. The molecule has 0 spiro atoms. The number of aryl methyl sites for hydroxylation is 2. The highest BCUT2D eigenvalue weighted by Crippen LogP contribution is 2.44. The summed E-state index contributed by atoms with van der Waals surface area (Å²) in [6.45, 7) is 4.00. The summed E-state index contributed by atoms with van der Waals surface area (Å²) in [5.74, 6) is 0.936. The summed E-state index contributed by atoms with van der Waals surface area (Å²) in [7, 11) is 1.36. The molecular formula is C20H23N3O5. The summed E-state index contributed by atoms with van der Waals surface area (Å²) in [4.78, 5) is 27.4. The van der Waals surface area contributed by atoms with Crippen molar-refractivity contribution in [3.05, 3.63) is 46.7 Å². The number of hydrogen-bond donors (Lipinski definition) is 1. The Labute approximate surface area is 162 Å². The second kappa shape index (κ2) is 7.18. The van der Waals surface area contributed by atoms with Crippen molar-refractivity contribution >= 4 is 17.6 Å². The number of furan rings is 1. The number of rotatable bonds is 4. The molecule has 4 rings (SSSR count). The lowest BCUT2D eigenvalue weighted by molar-refractivity contribution is -0.136. The van der Waals surface area contributed by atoms with Crippen LogP contribution >= 0.6 is 0 Å². The number of nitrogens with zero attached hydrogens (tertiary/aromatic N) is 2. The first-order chi connectivity index (χ1) is 13.5. The van der Waals surface area contributed by atoms with Crippen molar-refractivity contribution in [3.8, 4) is 0 Å². The lowest BCUT2D eigenvalue weighted by atomic mass is 9.87. The van der Waals surface area contributed by atoms with Crippen molar-refractivity contribution in [2.45, 2.75) is 51.7 Å². The maximum Gasteiger partial charge on any atom is 0.336 e. The molecule has 2 atom stereocenters. The normalized spacial score (nSPS) is 21.2. The van der Waals surface area contributed by atoms with Gasteiger partial charge in [-0.25, -0.2) is 9.59 Å². The molecule has 0 aromatic carbocycles. The summed E-state index contributed by atoms with van der Waals surface area (Å²) in [5.41, 5.74) is 3.00. The molecule has 0 saturated carbocycles. The molecule has 8 heteroatoms. The smallest absolute Gasteiger partial charge is 0.336 e. The van der Waals surface area contributed by atoms with Gasteiger partial charge in [-0.2, -0.15) is 0 Å². The minimum atomic E-state index is -0.413. The first-order valence-electron chi connectivity index (χ1n) is 9.34. The van der Waals surface area contributed by atoms with Crippen LogP contribution in [0.5, 0.6) is 0 Å². The van der Waals surface area contributed by atoms with Gasteiger partial charge in [-0.3, -0.25) is 0 Å². The van der Waals surface area contributed by atoms with Crippen molar-refractivity contribution in [3.63, 3.8) is 0 Å². The second-order valence-electron chi connectivity index (χ2n) is 7.18. The third kappa shape index (κ3) is 2.98. The highest BCUT2D eigenvalue weighted by Gasteiger charge is 2.47. The lowest BCUT2D eigenvalue weighted by Gasteiger charge is -2.37. The maximum atomic E-state index is 12.9.